The van der Waals surface area contributed by atoms with Crippen molar-refractivity contribution in [2.24, 2.45) is 17.1 Å². The number of ether oxygens (including phenoxy) is 1. The minimum Gasteiger partial charge on any atom is -0.378 e. The van der Waals surface area contributed by atoms with E-state index < -0.39 is 5.54 Å². The lowest BCUT2D eigenvalue weighted by molar-refractivity contribution is -0.178. The summed E-state index contributed by atoms with van der Waals surface area (Å²) in [5, 5.41) is 0. The van der Waals surface area contributed by atoms with Gasteiger partial charge in [0.15, 0.2) is 0 Å². The average Bonchev–Trinajstić information content (AvgIpc) is 2.82. The molecule has 0 spiro atoms. The Balaban J connectivity index is 1.96. The van der Waals surface area contributed by atoms with Crippen molar-refractivity contribution in [1.82, 2.24) is 9.80 Å². The fourth-order valence-electron chi connectivity index (χ4n) is 3.78. The van der Waals surface area contributed by atoms with Crippen LogP contribution in [0.2, 0.25) is 0 Å². The number of likely N-dealkylation sites (N-methyl/N-ethyl adjacent to an activating group) is 1. The topological polar surface area (TPSA) is 58.8 Å². The molecule has 2 fully saturated rings. The van der Waals surface area contributed by atoms with Crippen LogP contribution < -0.4 is 5.73 Å². The van der Waals surface area contributed by atoms with Crippen LogP contribution >= 0.6 is 0 Å². The number of likely N-dealkylation sites (tertiary alicyclic amines) is 1. The molecule has 122 valence electrons. The van der Waals surface area contributed by atoms with E-state index in [0.29, 0.717) is 18.9 Å². The molecule has 2 rings (SSSR count). The summed E-state index contributed by atoms with van der Waals surface area (Å²) in [5.41, 5.74) is 5.38. The second-order valence-electron chi connectivity index (χ2n) is 7.44. The maximum atomic E-state index is 12.8. The van der Waals surface area contributed by atoms with Crippen LogP contribution in [0, 0.1) is 11.3 Å². The number of hydrogen-bond acceptors (Lipinski definition) is 4. The van der Waals surface area contributed by atoms with E-state index in [0.717, 1.165) is 26.1 Å². The fourth-order valence-corrected chi connectivity index (χ4v) is 3.78. The Morgan fingerprint density at radius 2 is 2.14 bits per heavy atom. The first-order valence-corrected chi connectivity index (χ1v) is 8.07. The van der Waals surface area contributed by atoms with Gasteiger partial charge >= 0.3 is 0 Å². The van der Waals surface area contributed by atoms with Crippen LogP contribution in [0.1, 0.15) is 33.6 Å². The Kier molecular flexibility index (Phi) is 4.66. The van der Waals surface area contributed by atoms with Gasteiger partial charge < -0.3 is 20.3 Å². The highest BCUT2D eigenvalue weighted by atomic mass is 16.5. The normalized spacial score (nSPS) is 35.5. The second kappa shape index (κ2) is 5.86. The summed E-state index contributed by atoms with van der Waals surface area (Å²) in [4.78, 5) is 17.0. The van der Waals surface area contributed by atoms with Crippen molar-refractivity contribution in [1.29, 1.82) is 0 Å². The molecule has 0 radical (unpaired) electrons. The third kappa shape index (κ3) is 2.83. The van der Waals surface area contributed by atoms with Crippen molar-refractivity contribution in [2.45, 2.75) is 45.3 Å². The van der Waals surface area contributed by atoms with Crippen LogP contribution in [0.15, 0.2) is 0 Å². The molecule has 1 saturated heterocycles. The van der Waals surface area contributed by atoms with Crippen LogP contribution in [-0.2, 0) is 9.53 Å². The number of rotatable bonds is 5. The molecule has 0 aromatic heterocycles. The molecule has 3 atom stereocenters. The lowest BCUT2D eigenvalue weighted by Crippen LogP contribution is -2.75. The van der Waals surface area contributed by atoms with Gasteiger partial charge in [0.25, 0.3) is 0 Å². The molecule has 1 aliphatic carbocycles. The highest BCUT2D eigenvalue weighted by molar-refractivity contribution is 5.88. The van der Waals surface area contributed by atoms with Crippen LogP contribution in [-0.4, -0.2) is 67.7 Å². The van der Waals surface area contributed by atoms with Crippen molar-refractivity contribution in [3.63, 3.8) is 0 Å². The van der Waals surface area contributed by atoms with Crippen LogP contribution in [0.5, 0.6) is 0 Å². The Morgan fingerprint density at radius 1 is 1.48 bits per heavy atom. The third-order valence-electron chi connectivity index (χ3n) is 5.58. The van der Waals surface area contributed by atoms with E-state index in [9.17, 15) is 4.79 Å². The molecule has 5 nitrogen and oxygen atoms in total. The maximum Gasteiger partial charge on any atom is 0.243 e. The zero-order chi connectivity index (χ0) is 15.8. The summed E-state index contributed by atoms with van der Waals surface area (Å²) in [6.07, 6.45) is 1.88. The Bertz CT molecular complexity index is 399. The van der Waals surface area contributed by atoms with E-state index in [1.807, 2.05) is 32.7 Å². The molecule has 3 unspecified atom stereocenters. The van der Waals surface area contributed by atoms with E-state index in [2.05, 4.69) is 11.9 Å². The first kappa shape index (κ1) is 16.7. The van der Waals surface area contributed by atoms with Gasteiger partial charge in [-0.1, -0.05) is 13.8 Å². The van der Waals surface area contributed by atoms with Crippen molar-refractivity contribution in [3.05, 3.63) is 0 Å². The SMILES string of the molecule is CCOC1CC(N)(C(=O)N(C)CC2CCN(C)C2)C1(C)C. The first-order valence-electron chi connectivity index (χ1n) is 8.07. The van der Waals surface area contributed by atoms with Gasteiger partial charge in [0.05, 0.1) is 6.10 Å². The molecule has 0 bridgehead atoms. The van der Waals surface area contributed by atoms with Crippen molar-refractivity contribution < 1.29 is 9.53 Å². The molecule has 1 saturated carbocycles. The zero-order valence-electron chi connectivity index (χ0n) is 14.2. The predicted molar refractivity (Wildman–Crippen MR) is 84.0 cm³/mol. The number of carbonyl (C=O) groups excluding carboxylic acids is 1. The summed E-state index contributed by atoms with van der Waals surface area (Å²) in [7, 11) is 4.02. The number of hydrogen-bond donors (Lipinski definition) is 1. The standard InChI is InChI=1S/C16H31N3O2/c1-6-21-13-9-16(17,15(13,2)3)14(20)19(5)11-12-7-8-18(4)10-12/h12-13H,6-11,17H2,1-5H3. The molecular formula is C16H31N3O2. The molecule has 2 N–H and O–H groups in total. The molecule has 0 aromatic carbocycles. The van der Waals surface area contributed by atoms with Gasteiger partial charge in [-0.3, -0.25) is 4.79 Å². The van der Waals surface area contributed by atoms with Crippen molar-refractivity contribution >= 4 is 5.91 Å². The Hall–Kier alpha value is -0.650. The average molecular weight is 297 g/mol. The van der Waals surface area contributed by atoms with Crippen molar-refractivity contribution in [3.8, 4) is 0 Å². The number of carbonyl (C=O) groups is 1. The minimum atomic E-state index is -0.786. The van der Waals surface area contributed by atoms with Gasteiger partial charge in [-0.25, -0.2) is 0 Å². The molecule has 5 heteroatoms. The summed E-state index contributed by atoms with van der Waals surface area (Å²) in [6, 6.07) is 0. The van der Waals surface area contributed by atoms with Gasteiger partial charge in [-0.2, -0.15) is 0 Å². The smallest absolute Gasteiger partial charge is 0.243 e. The summed E-state index contributed by atoms with van der Waals surface area (Å²) in [6.45, 7) is 9.74. The molecule has 1 heterocycles. The number of amides is 1. The largest absolute Gasteiger partial charge is 0.378 e. The molecule has 1 amide bonds. The minimum absolute atomic E-state index is 0.0676. The molecule has 1 aliphatic heterocycles. The third-order valence-corrected chi connectivity index (χ3v) is 5.58. The van der Waals surface area contributed by atoms with E-state index >= 15 is 0 Å². The monoisotopic (exact) mass is 297 g/mol. The molecular weight excluding hydrogens is 266 g/mol. The highest BCUT2D eigenvalue weighted by Crippen LogP contribution is 2.50. The van der Waals surface area contributed by atoms with Gasteiger partial charge in [0.2, 0.25) is 5.91 Å². The number of nitrogens with two attached hydrogens (primary N) is 1. The molecule has 2 aliphatic rings. The first-order chi connectivity index (χ1) is 9.72. The molecule has 21 heavy (non-hydrogen) atoms. The lowest BCUT2D eigenvalue weighted by Gasteiger charge is -2.58. The van der Waals surface area contributed by atoms with E-state index in [4.69, 9.17) is 10.5 Å². The van der Waals surface area contributed by atoms with E-state index in [-0.39, 0.29) is 17.4 Å². The van der Waals surface area contributed by atoms with E-state index in [1.165, 1.54) is 0 Å². The number of nitrogens with zero attached hydrogens (tertiary/aromatic N) is 2. The summed E-state index contributed by atoms with van der Waals surface area (Å²) < 4.78 is 5.71. The highest BCUT2D eigenvalue weighted by Gasteiger charge is 2.63. The van der Waals surface area contributed by atoms with Gasteiger partial charge in [-0.15, -0.1) is 0 Å². The predicted octanol–water partition coefficient (Wildman–Crippen LogP) is 0.929. The maximum absolute atomic E-state index is 12.8. The van der Waals surface area contributed by atoms with Gasteiger partial charge in [0, 0.05) is 38.6 Å². The Morgan fingerprint density at radius 3 is 2.62 bits per heavy atom. The van der Waals surface area contributed by atoms with Crippen LogP contribution in [0.25, 0.3) is 0 Å². The van der Waals surface area contributed by atoms with Gasteiger partial charge in [0.1, 0.15) is 5.54 Å². The van der Waals surface area contributed by atoms with Crippen LogP contribution in [0.3, 0.4) is 0 Å². The van der Waals surface area contributed by atoms with Crippen LogP contribution in [0.4, 0.5) is 0 Å². The quantitative estimate of drug-likeness (QED) is 0.820. The second-order valence-corrected chi connectivity index (χ2v) is 7.44. The summed E-state index contributed by atoms with van der Waals surface area (Å²) in [5.74, 6) is 0.636. The Labute approximate surface area is 128 Å². The fraction of sp³-hybridized carbons (Fsp3) is 0.938. The van der Waals surface area contributed by atoms with Crippen molar-refractivity contribution in [2.75, 3.05) is 40.3 Å². The molecule has 0 aromatic rings. The zero-order valence-corrected chi connectivity index (χ0v) is 14.2. The van der Waals surface area contributed by atoms with E-state index in [1.54, 1.807) is 0 Å². The van der Waals surface area contributed by atoms with Gasteiger partial charge in [-0.05, 0) is 32.9 Å². The summed E-state index contributed by atoms with van der Waals surface area (Å²) >= 11 is 0. The lowest BCUT2D eigenvalue weighted by atomic mass is 9.54.